The van der Waals surface area contributed by atoms with Gasteiger partial charge in [0.25, 0.3) is 0 Å². The monoisotopic (exact) mass is 190 g/mol. The maximum atomic E-state index is 11.4. The van der Waals surface area contributed by atoms with Gasteiger partial charge in [-0.1, -0.05) is 6.07 Å². The molecule has 0 unspecified atom stereocenters. The molecule has 0 atom stereocenters. The van der Waals surface area contributed by atoms with Gasteiger partial charge < -0.3 is 4.74 Å². The Hall–Kier alpha value is -1.64. The molecule has 0 spiro atoms. The summed E-state index contributed by atoms with van der Waals surface area (Å²) in [5.74, 6) is 0.602. The molecule has 0 amide bonds. The third kappa shape index (κ3) is 1.41. The van der Waals surface area contributed by atoms with Crippen molar-refractivity contribution in [3.8, 4) is 5.75 Å². The van der Waals surface area contributed by atoms with Crippen LogP contribution in [0.1, 0.15) is 34.1 Å². The highest BCUT2D eigenvalue weighted by Crippen LogP contribution is 2.25. The maximum Gasteiger partial charge on any atom is 0.169 e. The summed E-state index contributed by atoms with van der Waals surface area (Å²) >= 11 is 0. The Labute approximate surface area is 81.7 Å². The van der Waals surface area contributed by atoms with Gasteiger partial charge in [0.05, 0.1) is 12.2 Å². The molecule has 1 aliphatic rings. The second-order valence-corrected chi connectivity index (χ2v) is 3.29. The second kappa shape index (κ2) is 3.25. The first-order chi connectivity index (χ1) is 6.68. The van der Waals surface area contributed by atoms with Gasteiger partial charge in [-0.05, 0) is 19.1 Å². The van der Waals surface area contributed by atoms with E-state index in [0.29, 0.717) is 29.9 Å². The highest BCUT2D eigenvalue weighted by atomic mass is 16.5. The first-order valence-electron chi connectivity index (χ1n) is 4.49. The summed E-state index contributed by atoms with van der Waals surface area (Å²) in [7, 11) is 0. The summed E-state index contributed by atoms with van der Waals surface area (Å²) in [6, 6.07) is 4.95. The van der Waals surface area contributed by atoms with Crippen molar-refractivity contribution in [3.05, 3.63) is 29.3 Å². The summed E-state index contributed by atoms with van der Waals surface area (Å²) in [6.45, 7) is 1.90. The lowest BCUT2D eigenvalue weighted by Gasteiger charge is -2.16. The van der Waals surface area contributed by atoms with Crippen LogP contribution in [-0.2, 0) is 0 Å². The van der Waals surface area contributed by atoms with Gasteiger partial charge in [0.15, 0.2) is 11.6 Å². The van der Waals surface area contributed by atoms with Crippen molar-refractivity contribution in [2.24, 2.45) is 0 Å². The minimum absolute atomic E-state index is 0.0191. The summed E-state index contributed by atoms with van der Waals surface area (Å²) in [5.41, 5.74) is 1.17. The zero-order valence-electron chi connectivity index (χ0n) is 7.87. The van der Waals surface area contributed by atoms with E-state index in [2.05, 4.69) is 0 Å². The molecule has 0 saturated carbocycles. The van der Waals surface area contributed by atoms with Crippen molar-refractivity contribution < 1.29 is 14.3 Å². The van der Waals surface area contributed by atoms with Gasteiger partial charge in [-0.25, -0.2) is 0 Å². The number of hydrogen-bond donors (Lipinski definition) is 0. The molecule has 0 radical (unpaired) electrons. The molecular weight excluding hydrogens is 180 g/mol. The molecule has 1 aromatic rings. The third-order valence-electron chi connectivity index (χ3n) is 2.28. The van der Waals surface area contributed by atoms with Gasteiger partial charge in [0.1, 0.15) is 5.75 Å². The number of carbonyl (C=O) groups excluding carboxylic acids is 2. The second-order valence-electron chi connectivity index (χ2n) is 3.29. The highest BCUT2D eigenvalue weighted by molar-refractivity contribution is 6.02. The van der Waals surface area contributed by atoms with Gasteiger partial charge in [-0.3, -0.25) is 9.59 Å². The maximum absolute atomic E-state index is 11.4. The average molecular weight is 190 g/mol. The lowest BCUT2D eigenvalue weighted by molar-refractivity contribution is 0.0930. The number of ketones is 2. The Morgan fingerprint density at radius 2 is 2.21 bits per heavy atom. The van der Waals surface area contributed by atoms with Gasteiger partial charge in [0, 0.05) is 12.0 Å². The van der Waals surface area contributed by atoms with Gasteiger partial charge in [-0.15, -0.1) is 0 Å². The van der Waals surface area contributed by atoms with Crippen molar-refractivity contribution in [1.29, 1.82) is 0 Å². The van der Waals surface area contributed by atoms with Crippen molar-refractivity contribution >= 4 is 11.6 Å². The Morgan fingerprint density at radius 3 is 2.93 bits per heavy atom. The first-order valence-corrected chi connectivity index (χ1v) is 4.49. The quantitative estimate of drug-likeness (QED) is 0.635. The Bertz CT molecular complexity index is 407. The molecule has 2 rings (SSSR count). The molecule has 14 heavy (non-hydrogen) atoms. The molecule has 72 valence electrons. The summed E-state index contributed by atoms with van der Waals surface area (Å²) in [5, 5.41) is 0. The molecule has 1 aromatic carbocycles. The van der Waals surface area contributed by atoms with Crippen LogP contribution >= 0.6 is 0 Å². The van der Waals surface area contributed by atoms with E-state index in [1.807, 2.05) is 0 Å². The van der Waals surface area contributed by atoms with Crippen LogP contribution in [-0.4, -0.2) is 18.2 Å². The van der Waals surface area contributed by atoms with E-state index in [0.717, 1.165) is 0 Å². The Balaban J connectivity index is 2.49. The van der Waals surface area contributed by atoms with Crippen LogP contribution in [0.25, 0.3) is 0 Å². The molecule has 0 saturated heterocycles. The molecule has 0 aromatic heterocycles. The zero-order chi connectivity index (χ0) is 10.1. The number of benzene rings is 1. The van der Waals surface area contributed by atoms with Gasteiger partial charge in [0.2, 0.25) is 0 Å². The first kappa shape index (κ1) is 8.94. The van der Waals surface area contributed by atoms with Crippen LogP contribution in [0.5, 0.6) is 5.75 Å². The fraction of sp³-hybridized carbons (Fsp3) is 0.273. The van der Waals surface area contributed by atoms with Crippen LogP contribution in [0.2, 0.25) is 0 Å². The fourth-order valence-corrected chi connectivity index (χ4v) is 1.48. The van der Waals surface area contributed by atoms with Crippen LogP contribution in [0.3, 0.4) is 0 Å². The lowest BCUT2D eigenvalue weighted by atomic mass is 10.0. The van der Waals surface area contributed by atoms with Crippen molar-refractivity contribution in [3.63, 3.8) is 0 Å². The normalized spacial score (nSPS) is 14.5. The van der Waals surface area contributed by atoms with Gasteiger partial charge in [-0.2, -0.15) is 0 Å². The number of rotatable bonds is 1. The van der Waals surface area contributed by atoms with E-state index in [1.165, 1.54) is 6.92 Å². The van der Waals surface area contributed by atoms with Crippen LogP contribution in [0, 0.1) is 0 Å². The predicted octanol–water partition coefficient (Wildman–Crippen LogP) is 1.85. The molecule has 0 fully saturated rings. The third-order valence-corrected chi connectivity index (χ3v) is 2.28. The molecule has 0 bridgehead atoms. The van der Waals surface area contributed by atoms with E-state index in [-0.39, 0.29) is 11.6 Å². The predicted molar refractivity (Wildman–Crippen MR) is 50.9 cm³/mol. The minimum Gasteiger partial charge on any atom is -0.492 e. The minimum atomic E-state index is -0.0191. The van der Waals surface area contributed by atoms with Crippen molar-refractivity contribution in [1.82, 2.24) is 0 Å². The molecule has 1 aliphatic heterocycles. The Kier molecular flexibility index (Phi) is 2.08. The van der Waals surface area contributed by atoms with E-state index >= 15 is 0 Å². The number of carbonyl (C=O) groups is 2. The number of fused-ring (bicyclic) bond motifs is 1. The standard InChI is InChI=1S/C11H10O3/c1-7(12)8-2-3-9-10(13)4-5-14-11(9)6-8/h2-3,6H,4-5H2,1H3. The SMILES string of the molecule is CC(=O)c1ccc2c(c1)OCCC2=O. The molecule has 0 N–H and O–H groups in total. The molecule has 3 heteroatoms. The summed E-state index contributed by atoms with van der Waals surface area (Å²) in [6.07, 6.45) is 0.423. The number of hydrogen-bond acceptors (Lipinski definition) is 3. The van der Waals surface area contributed by atoms with E-state index in [4.69, 9.17) is 4.74 Å². The van der Waals surface area contributed by atoms with Crippen LogP contribution < -0.4 is 4.74 Å². The fourth-order valence-electron chi connectivity index (χ4n) is 1.48. The Morgan fingerprint density at radius 1 is 1.43 bits per heavy atom. The summed E-state index contributed by atoms with van der Waals surface area (Å²) in [4.78, 5) is 22.5. The molecule has 1 heterocycles. The van der Waals surface area contributed by atoms with E-state index in [9.17, 15) is 9.59 Å². The van der Waals surface area contributed by atoms with Gasteiger partial charge >= 0.3 is 0 Å². The topological polar surface area (TPSA) is 43.4 Å². The number of ether oxygens (including phenoxy) is 1. The smallest absolute Gasteiger partial charge is 0.169 e. The van der Waals surface area contributed by atoms with E-state index in [1.54, 1.807) is 18.2 Å². The molecule has 0 aliphatic carbocycles. The highest BCUT2D eigenvalue weighted by Gasteiger charge is 2.18. The summed E-state index contributed by atoms with van der Waals surface area (Å²) < 4.78 is 5.31. The lowest BCUT2D eigenvalue weighted by Crippen LogP contribution is -2.15. The zero-order valence-corrected chi connectivity index (χ0v) is 7.87. The van der Waals surface area contributed by atoms with Crippen molar-refractivity contribution in [2.45, 2.75) is 13.3 Å². The number of Topliss-reactive ketones (excluding diaryl/α,β-unsaturated/α-hetero) is 2. The molecule has 3 nitrogen and oxygen atoms in total. The average Bonchev–Trinajstić information content (AvgIpc) is 2.17. The van der Waals surface area contributed by atoms with Crippen LogP contribution in [0.4, 0.5) is 0 Å². The van der Waals surface area contributed by atoms with Crippen LogP contribution in [0.15, 0.2) is 18.2 Å². The van der Waals surface area contributed by atoms with Crippen molar-refractivity contribution in [2.75, 3.05) is 6.61 Å². The van der Waals surface area contributed by atoms with E-state index < -0.39 is 0 Å². The largest absolute Gasteiger partial charge is 0.492 e. The molecular formula is C11H10O3.